The number of piperidine rings is 1. The number of aryl methyl sites for hydroxylation is 1. The van der Waals surface area contributed by atoms with Crippen LogP contribution >= 0.6 is 0 Å². The Morgan fingerprint density at radius 2 is 2.21 bits per heavy atom. The number of nitrogens with one attached hydrogen (secondary N) is 1. The molecule has 1 aliphatic heterocycles. The minimum atomic E-state index is -0.237. The van der Waals surface area contributed by atoms with Crippen LogP contribution in [0.4, 0.5) is 9.18 Å². The molecule has 24 heavy (non-hydrogen) atoms. The van der Waals surface area contributed by atoms with Crippen LogP contribution in [0.25, 0.3) is 0 Å². The molecule has 132 valence electrons. The molecule has 2 atom stereocenters. The molecule has 2 rings (SSSR count). The van der Waals surface area contributed by atoms with E-state index >= 15 is 0 Å². The summed E-state index contributed by atoms with van der Waals surface area (Å²) >= 11 is 0. The number of ether oxygens (including phenoxy) is 1. The molecule has 0 radical (unpaired) electrons. The van der Waals surface area contributed by atoms with Crippen LogP contribution in [0.1, 0.15) is 25.3 Å². The summed E-state index contributed by atoms with van der Waals surface area (Å²) in [5.41, 5.74) is 0.928. The van der Waals surface area contributed by atoms with Crippen molar-refractivity contribution in [2.75, 3.05) is 26.7 Å². The van der Waals surface area contributed by atoms with Crippen molar-refractivity contribution in [1.82, 2.24) is 10.2 Å². The Bertz CT molecular complexity index is 579. The molecular formula is C18H25FN2O3. The van der Waals surface area contributed by atoms with E-state index in [1.807, 2.05) is 13.0 Å². The molecule has 0 spiro atoms. The molecule has 1 aliphatic rings. The fourth-order valence-corrected chi connectivity index (χ4v) is 3.12. The molecule has 1 aromatic carbocycles. The number of halogens is 1. The molecule has 2 amide bonds. The number of hydrogen-bond acceptors (Lipinski definition) is 3. The van der Waals surface area contributed by atoms with E-state index in [4.69, 9.17) is 4.74 Å². The number of rotatable bonds is 5. The van der Waals surface area contributed by atoms with E-state index < -0.39 is 0 Å². The van der Waals surface area contributed by atoms with Gasteiger partial charge in [-0.3, -0.25) is 4.79 Å². The highest BCUT2D eigenvalue weighted by atomic mass is 19.1. The Hall–Kier alpha value is -2.11. The maximum atomic E-state index is 13.1. The molecule has 0 saturated carbocycles. The Balaban J connectivity index is 1.70. The quantitative estimate of drug-likeness (QED) is 0.664. The lowest BCUT2D eigenvalue weighted by Gasteiger charge is -2.35. The van der Waals surface area contributed by atoms with Crippen LogP contribution in [0.2, 0.25) is 0 Å². The van der Waals surface area contributed by atoms with Crippen molar-refractivity contribution in [1.29, 1.82) is 0 Å². The second-order valence-electron chi connectivity index (χ2n) is 6.31. The molecule has 0 bridgehead atoms. The van der Waals surface area contributed by atoms with Crippen LogP contribution in [0.3, 0.4) is 0 Å². The van der Waals surface area contributed by atoms with Crippen molar-refractivity contribution in [2.24, 2.45) is 11.8 Å². The topological polar surface area (TPSA) is 58.6 Å². The fourth-order valence-electron chi connectivity index (χ4n) is 3.12. The number of amides is 2. The Labute approximate surface area is 142 Å². The van der Waals surface area contributed by atoms with E-state index in [0.717, 1.165) is 18.4 Å². The second-order valence-corrected chi connectivity index (χ2v) is 6.31. The maximum absolute atomic E-state index is 13.1. The van der Waals surface area contributed by atoms with Gasteiger partial charge in [-0.25, -0.2) is 9.18 Å². The Morgan fingerprint density at radius 3 is 2.88 bits per heavy atom. The van der Waals surface area contributed by atoms with Crippen LogP contribution in [0.15, 0.2) is 24.3 Å². The molecule has 1 aromatic rings. The van der Waals surface area contributed by atoms with E-state index in [9.17, 15) is 14.0 Å². The van der Waals surface area contributed by atoms with E-state index in [2.05, 4.69) is 5.32 Å². The van der Waals surface area contributed by atoms with Gasteiger partial charge in [0.2, 0.25) is 0 Å². The van der Waals surface area contributed by atoms with E-state index in [-0.39, 0.29) is 29.7 Å². The smallest absolute Gasteiger partial charge is 0.317 e. The van der Waals surface area contributed by atoms with Crippen LogP contribution in [-0.4, -0.2) is 43.6 Å². The number of carbonyl (C=O) groups is 2. The summed E-state index contributed by atoms with van der Waals surface area (Å²) in [5, 5.41) is 2.89. The van der Waals surface area contributed by atoms with Gasteiger partial charge in [0.15, 0.2) is 0 Å². The van der Waals surface area contributed by atoms with Crippen molar-refractivity contribution in [3.8, 4) is 0 Å². The summed E-state index contributed by atoms with van der Waals surface area (Å²) in [5.74, 6) is -0.479. The molecule has 0 aliphatic carbocycles. The lowest BCUT2D eigenvalue weighted by atomic mass is 9.87. The number of esters is 1. The lowest BCUT2D eigenvalue weighted by Crippen LogP contribution is -2.49. The predicted molar refractivity (Wildman–Crippen MR) is 89.0 cm³/mol. The van der Waals surface area contributed by atoms with E-state index in [1.54, 1.807) is 11.0 Å². The van der Waals surface area contributed by atoms with Gasteiger partial charge in [-0.05, 0) is 42.9 Å². The molecule has 1 saturated heterocycles. The zero-order valence-corrected chi connectivity index (χ0v) is 14.3. The largest absolute Gasteiger partial charge is 0.469 e. The highest BCUT2D eigenvalue weighted by Crippen LogP contribution is 2.24. The minimum Gasteiger partial charge on any atom is -0.469 e. The fraction of sp³-hybridized carbons (Fsp3) is 0.556. The summed E-state index contributed by atoms with van der Waals surface area (Å²) in [6.45, 7) is 3.61. The minimum absolute atomic E-state index is 0.0873. The zero-order valence-electron chi connectivity index (χ0n) is 14.3. The molecule has 5 nitrogen and oxygen atoms in total. The predicted octanol–water partition coefficient (Wildman–Crippen LogP) is 2.60. The third kappa shape index (κ3) is 4.94. The highest BCUT2D eigenvalue weighted by Gasteiger charge is 2.33. The van der Waals surface area contributed by atoms with Crippen LogP contribution in [0.5, 0.6) is 0 Å². The third-order valence-electron chi connectivity index (χ3n) is 4.50. The highest BCUT2D eigenvalue weighted by molar-refractivity contribution is 5.76. The van der Waals surface area contributed by atoms with Crippen LogP contribution in [0, 0.1) is 17.7 Å². The first kappa shape index (κ1) is 18.2. The first-order valence-electron chi connectivity index (χ1n) is 8.36. The molecule has 0 aromatic heterocycles. The number of methoxy groups -OCH3 is 1. The van der Waals surface area contributed by atoms with Crippen molar-refractivity contribution >= 4 is 12.0 Å². The van der Waals surface area contributed by atoms with Crippen molar-refractivity contribution in [3.63, 3.8) is 0 Å². The van der Waals surface area contributed by atoms with Gasteiger partial charge in [0.1, 0.15) is 5.82 Å². The van der Waals surface area contributed by atoms with Gasteiger partial charge in [0.05, 0.1) is 13.0 Å². The first-order chi connectivity index (χ1) is 11.5. The second kappa shape index (κ2) is 8.66. The Kier molecular flexibility index (Phi) is 6.58. The van der Waals surface area contributed by atoms with Gasteiger partial charge in [0, 0.05) is 19.6 Å². The van der Waals surface area contributed by atoms with Gasteiger partial charge >= 0.3 is 12.0 Å². The number of carbonyl (C=O) groups excluding carboxylic acids is 2. The summed E-state index contributed by atoms with van der Waals surface area (Å²) < 4.78 is 17.9. The SMILES string of the molecule is COC(=O)[C@@H]1CCN(C(=O)NCCCc2cccc(F)c2)C[C@H]1C. The van der Waals surface area contributed by atoms with Gasteiger partial charge in [-0.15, -0.1) is 0 Å². The maximum Gasteiger partial charge on any atom is 0.317 e. The van der Waals surface area contributed by atoms with Crippen molar-refractivity contribution in [3.05, 3.63) is 35.6 Å². The number of likely N-dealkylation sites (tertiary alicyclic amines) is 1. The van der Waals surface area contributed by atoms with Gasteiger partial charge in [0.25, 0.3) is 0 Å². The Morgan fingerprint density at radius 1 is 1.42 bits per heavy atom. The zero-order chi connectivity index (χ0) is 17.5. The summed E-state index contributed by atoms with van der Waals surface area (Å²) in [7, 11) is 1.40. The van der Waals surface area contributed by atoms with Crippen molar-refractivity contribution in [2.45, 2.75) is 26.2 Å². The third-order valence-corrected chi connectivity index (χ3v) is 4.50. The lowest BCUT2D eigenvalue weighted by molar-refractivity contribution is -0.148. The van der Waals surface area contributed by atoms with E-state index in [0.29, 0.717) is 26.1 Å². The average molecular weight is 336 g/mol. The first-order valence-corrected chi connectivity index (χ1v) is 8.36. The summed E-state index contributed by atoms with van der Waals surface area (Å²) in [6.07, 6.45) is 2.10. The van der Waals surface area contributed by atoms with Crippen LogP contribution < -0.4 is 5.32 Å². The molecular weight excluding hydrogens is 311 g/mol. The molecule has 0 unspecified atom stereocenters. The number of benzene rings is 1. The number of urea groups is 1. The number of hydrogen-bond donors (Lipinski definition) is 1. The molecule has 6 heteroatoms. The van der Waals surface area contributed by atoms with E-state index in [1.165, 1.54) is 19.2 Å². The van der Waals surface area contributed by atoms with Gasteiger partial charge in [-0.2, -0.15) is 0 Å². The van der Waals surface area contributed by atoms with Crippen LogP contribution in [-0.2, 0) is 16.0 Å². The summed E-state index contributed by atoms with van der Waals surface area (Å²) in [4.78, 5) is 25.6. The standard InChI is InChI=1S/C18H25FN2O3/c1-13-12-21(10-8-16(13)17(22)24-2)18(23)20-9-4-6-14-5-3-7-15(19)11-14/h3,5,7,11,13,16H,4,6,8-10,12H2,1-2H3,(H,20,23)/t13-,16-/m1/s1. The monoisotopic (exact) mass is 336 g/mol. The number of nitrogens with zero attached hydrogens (tertiary/aromatic N) is 1. The normalized spacial score (nSPS) is 20.5. The summed E-state index contributed by atoms with van der Waals surface area (Å²) in [6, 6.07) is 6.40. The molecule has 1 fully saturated rings. The molecule has 1 N–H and O–H groups in total. The van der Waals surface area contributed by atoms with Gasteiger partial charge < -0.3 is 15.0 Å². The van der Waals surface area contributed by atoms with Crippen molar-refractivity contribution < 1.29 is 18.7 Å². The molecule has 1 heterocycles. The van der Waals surface area contributed by atoms with Gasteiger partial charge in [-0.1, -0.05) is 19.1 Å². The average Bonchev–Trinajstić information content (AvgIpc) is 2.58.